The lowest BCUT2D eigenvalue weighted by Crippen LogP contribution is -2.44. The third kappa shape index (κ3) is 4.83. The van der Waals surface area contributed by atoms with Crippen LogP contribution in [0.3, 0.4) is 0 Å². The Balaban J connectivity index is 1.48. The molecule has 2 nitrogen and oxygen atoms in total. The Morgan fingerprint density at radius 1 is 0.958 bits per heavy atom. The first kappa shape index (κ1) is 17.9. The molecule has 1 saturated heterocycles. The van der Waals surface area contributed by atoms with Crippen LogP contribution in [0.15, 0.2) is 24.3 Å². The van der Waals surface area contributed by atoms with Crippen molar-refractivity contribution in [2.24, 2.45) is 11.3 Å². The van der Waals surface area contributed by atoms with Crippen LogP contribution in [0.5, 0.6) is 0 Å². The monoisotopic (exact) mass is 328 g/mol. The Morgan fingerprint density at radius 3 is 2.17 bits per heavy atom. The zero-order chi connectivity index (χ0) is 17.0. The average molecular weight is 329 g/mol. The van der Waals surface area contributed by atoms with Gasteiger partial charge in [-0.15, -0.1) is 0 Å². The smallest absolute Gasteiger partial charge is 0.0108 e. The Kier molecular flexibility index (Phi) is 5.99. The van der Waals surface area contributed by atoms with E-state index in [4.69, 9.17) is 0 Å². The highest BCUT2D eigenvalue weighted by molar-refractivity contribution is 5.26. The second-order valence-electron chi connectivity index (χ2n) is 9.00. The summed E-state index contributed by atoms with van der Waals surface area (Å²) in [5.74, 6) is 1.71. The van der Waals surface area contributed by atoms with E-state index in [0.29, 0.717) is 5.41 Å². The van der Waals surface area contributed by atoms with Crippen molar-refractivity contribution >= 4 is 0 Å². The molecule has 2 fully saturated rings. The fourth-order valence-corrected chi connectivity index (χ4v) is 4.47. The Labute approximate surface area is 149 Å². The molecule has 0 unspecified atom stereocenters. The average Bonchev–Trinajstić information content (AvgIpc) is 2.61. The van der Waals surface area contributed by atoms with Gasteiger partial charge in [-0.05, 0) is 60.5 Å². The summed E-state index contributed by atoms with van der Waals surface area (Å²) in [6.45, 7) is 13.1. The quantitative estimate of drug-likeness (QED) is 0.878. The van der Waals surface area contributed by atoms with Crippen LogP contribution < -0.4 is 5.32 Å². The van der Waals surface area contributed by atoms with E-state index in [9.17, 15) is 0 Å². The van der Waals surface area contributed by atoms with Crippen molar-refractivity contribution in [1.82, 2.24) is 10.2 Å². The summed E-state index contributed by atoms with van der Waals surface area (Å²) in [5, 5.41) is 3.43. The van der Waals surface area contributed by atoms with Gasteiger partial charge in [0.1, 0.15) is 0 Å². The number of hydrogen-bond donors (Lipinski definition) is 1. The third-order valence-electron chi connectivity index (χ3n) is 6.33. The van der Waals surface area contributed by atoms with Gasteiger partial charge < -0.3 is 10.2 Å². The lowest BCUT2D eigenvalue weighted by Gasteiger charge is -2.37. The Bertz CT molecular complexity index is 486. The van der Waals surface area contributed by atoms with Crippen LogP contribution in [0.2, 0.25) is 0 Å². The van der Waals surface area contributed by atoms with Gasteiger partial charge in [0.05, 0.1) is 0 Å². The van der Waals surface area contributed by atoms with Gasteiger partial charge in [0.2, 0.25) is 0 Å². The fourth-order valence-electron chi connectivity index (χ4n) is 4.47. The molecule has 0 radical (unpaired) electrons. The molecule has 1 aromatic carbocycles. The molecule has 0 atom stereocenters. The highest BCUT2D eigenvalue weighted by Gasteiger charge is 2.30. The third-order valence-corrected chi connectivity index (χ3v) is 6.33. The number of nitrogens with zero attached hydrogens (tertiary/aromatic N) is 1. The van der Waals surface area contributed by atoms with Crippen molar-refractivity contribution in [1.29, 1.82) is 0 Å². The zero-order valence-corrected chi connectivity index (χ0v) is 16.0. The van der Waals surface area contributed by atoms with Gasteiger partial charge >= 0.3 is 0 Å². The minimum Gasteiger partial charge on any atom is -0.314 e. The van der Waals surface area contributed by atoms with E-state index in [2.05, 4.69) is 55.3 Å². The van der Waals surface area contributed by atoms with Gasteiger partial charge in [-0.3, -0.25) is 0 Å². The second-order valence-corrected chi connectivity index (χ2v) is 9.00. The van der Waals surface area contributed by atoms with E-state index in [1.807, 2.05) is 0 Å². The van der Waals surface area contributed by atoms with Gasteiger partial charge in [0.25, 0.3) is 0 Å². The molecular weight excluding hydrogens is 292 g/mol. The largest absolute Gasteiger partial charge is 0.314 e. The molecule has 0 bridgehead atoms. The molecule has 134 valence electrons. The summed E-state index contributed by atoms with van der Waals surface area (Å²) in [6.07, 6.45) is 6.75. The number of piperazine rings is 1. The molecule has 1 aromatic rings. The minimum absolute atomic E-state index is 0.485. The van der Waals surface area contributed by atoms with E-state index >= 15 is 0 Å². The normalized spacial score (nSPS) is 26.5. The van der Waals surface area contributed by atoms with Gasteiger partial charge in [0.15, 0.2) is 0 Å². The van der Waals surface area contributed by atoms with Crippen LogP contribution in [0, 0.1) is 11.3 Å². The van der Waals surface area contributed by atoms with Crippen molar-refractivity contribution in [3.05, 3.63) is 35.4 Å². The summed E-state index contributed by atoms with van der Waals surface area (Å²) in [6, 6.07) is 9.59. The number of hydrogen-bond acceptors (Lipinski definition) is 2. The molecule has 0 aromatic heterocycles. The summed E-state index contributed by atoms with van der Waals surface area (Å²) < 4.78 is 0. The van der Waals surface area contributed by atoms with Crippen LogP contribution in [-0.2, 0) is 6.42 Å². The summed E-state index contributed by atoms with van der Waals surface area (Å²) in [7, 11) is 0. The Morgan fingerprint density at radius 2 is 1.58 bits per heavy atom. The van der Waals surface area contributed by atoms with Gasteiger partial charge in [-0.2, -0.15) is 0 Å². The van der Waals surface area contributed by atoms with Crippen LogP contribution in [0.1, 0.15) is 63.5 Å². The molecule has 3 rings (SSSR count). The topological polar surface area (TPSA) is 15.3 Å². The maximum absolute atomic E-state index is 3.43. The van der Waals surface area contributed by atoms with Crippen molar-refractivity contribution in [3.63, 3.8) is 0 Å². The number of benzene rings is 1. The van der Waals surface area contributed by atoms with Gasteiger partial charge in [-0.25, -0.2) is 0 Å². The lowest BCUT2D eigenvalue weighted by molar-refractivity contribution is 0.169. The Hall–Kier alpha value is -0.860. The summed E-state index contributed by atoms with van der Waals surface area (Å²) in [4.78, 5) is 2.58. The molecule has 1 saturated carbocycles. The van der Waals surface area contributed by atoms with E-state index in [1.165, 1.54) is 57.3 Å². The molecule has 24 heavy (non-hydrogen) atoms. The van der Waals surface area contributed by atoms with Gasteiger partial charge in [-0.1, -0.05) is 45.0 Å². The second kappa shape index (κ2) is 8.01. The maximum Gasteiger partial charge on any atom is 0.0108 e. The standard InChI is InChI=1S/C22H36N2/c1-22(2,3)21-10-8-20(9-11-21)19-6-4-18(5-7-19)12-15-24-16-13-23-14-17-24/h4-7,20-21,23H,8-17H2,1-3H3. The minimum atomic E-state index is 0.485. The van der Waals surface area contributed by atoms with Crippen LogP contribution in [-0.4, -0.2) is 37.6 Å². The molecule has 2 aliphatic rings. The number of nitrogens with one attached hydrogen (secondary N) is 1. The molecule has 0 spiro atoms. The summed E-state index contributed by atoms with van der Waals surface area (Å²) >= 11 is 0. The first-order valence-corrected chi connectivity index (χ1v) is 10.0. The zero-order valence-electron chi connectivity index (χ0n) is 16.0. The van der Waals surface area contributed by atoms with Gasteiger partial charge in [0, 0.05) is 32.7 Å². The highest BCUT2D eigenvalue weighted by atomic mass is 15.2. The highest BCUT2D eigenvalue weighted by Crippen LogP contribution is 2.43. The van der Waals surface area contributed by atoms with Crippen LogP contribution in [0.4, 0.5) is 0 Å². The lowest BCUT2D eigenvalue weighted by atomic mass is 9.68. The van der Waals surface area contributed by atoms with Crippen LogP contribution in [0.25, 0.3) is 0 Å². The van der Waals surface area contributed by atoms with Crippen molar-refractivity contribution in [2.45, 2.75) is 58.8 Å². The molecule has 0 amide bonds. The van der Waals surface area contributed by atoms with Crippen molar-refractivity contribution in [2.75, 3.05) is 32.7 Å². The van der Waals surface area contributed by atoms with Crippen LogP contribution >= 0.6 is 0 Å². The maximum atomic E-state index is 3.43. The SMILES string of the molecule is CC(C)(C)C1CCC(c2ccc(CCN3CCNCC3)cc2)CC1. The molecule has 1 aliphatic carbocycles. The van der Waals surface area contributed by atoms with E-state index in [-0.39, 0.29) is 0 Å². The van der Waals surface area contributed by atoms with E-state index in [1.54, 1.807) is 5.56 Å². The van der Waals surface area contributed by atoms with E-state index < -0.39 is 0 Å². The van der Waals surface area contributed by atoms with E-state index in [0.717, 1.165) is 24.9 Å². The predicted octanol–water partition coefficient (Wildman–Crippen LogP) is 4.45. The predicted molar refractivity (Wildman–Crippen MR) is 104 cm³/mol. The fraction of sp³-hybridized carbons (Fsp3) is 0.727. The molecule has 2 heteroatoms. The molecular formula is C22H36N2. The molecule has 1 N–H and O–H groups in total. The summed E-state index contributed by atoms with van der Waals surface area (Å²) in [5.41, 5.74) is 3.56. The molecule has 1 heterocycles. The first-order valence-electron chi connectivity index (χ1n) is 10.0. The molecule has 1 aliphatic heterocycles. The first-order chi connectivity index (χ1) is 11.5. The van der Waals surface area contributed by atoms with Crippen molar-refractivity contribution in [3.8, 4) is 0 Å². The number of rotatable bonds is 4. The van der Waals surface area contributed by atoms with Crippen molar-refractivity contribution < 1.29 is 0 Å².